The van der Waals surface area contributed by atoms with Gasteiger partial charge in [0, 0.05) is 45.7 Å². The van der Waals surface area contributed by atoms with E-state index < -0.39 is 5.60 Å². The quantitative estimate of drug-likeness (QED) is 0.338. The summed E-state index contributed by atoms with van der Waals surface area (Å²) in [6.07, 6.45) is 7.87. The van der Waals surface area contributed by atoms with Crippen molar-refractivity contribution >= 4 is 29.9 Å². The van der Waals surface area contributed by atoms with Crippen LogP contribution in [0.5, 0.6) is 0 Å². The van der Waals surface area contributed by atoms with E-state index in [1.165, 1.54) is 32.1 Å². The van der Waals surface area contributed by atoms with Gasteiger partial charge in [0.05, 0.1) is 5.60 Å². The minimum Gasteiger partial charge on any atom is -0.388 e. The number of nitrogens with zero attached hydrogens (tertiary/aromatic N) is 1. The third-order valence-electron chi connectivity index (χ3n) is 5.34. The monoisotopic (exact) mass is 439 g/mol. The maximum atomic E-state index is 10.5. The van der Waals surface area contributed by atoms with Gasteiger partial charge < -0.3 is 20.5 Å². The average molecular weight is 439 g/mol. The maximum Gasteiger partial charge on any atom is 0.191 e. The number of guanidine groups is 1. The molecule has 2 rings (SSSR count). The van der Waals surface area contributed by atoms with E-state index in [-0.39, 0.29) is 24.0 Å². The fourth-order valence-electron chi connectivity index (χ4n) is 3.51. The van der Waals surface area contributed by atoms with Crippen molar-refractivity contribution < 1.29 is 9.84 Å². The number of aliphatic imine (C=N–C) groups is 1. The molecule has 1 saturated carbocycles. The Balaban J connectivity index is 0.00000264. The van der Waals surface area contributed by atoms with Crippen LogP contribution in [0.3, 0.4) is 0 Å². The van der Waals surface area contributed by atoms with Crippen LogP contribution in [0.2, 0.25) is 0 Å². The van der Waals surface area contributed by atoms with Crippen molar-refractivity contribution in [3.8, 4) is 0 Å². The largest absolute Gasteiger partial charge is 0.388 e. The normalized spacial score (nSPS) is 23.2. The van der Waals surface area contributed by atoms with Gasteiger partial charge in [-0.1, -0.05) is 19.8 Å². The second-order valence-electron chi connectivity index (χ2n) is 6.95. The molecule has 2 fully saturated rings. The Labute approximate surface area is 158 Å². The Morgan fingerprint density at radius 1 is 1.09 bits per heavy atom. The van der Waals surface area contributed by atoms with E-state index >= 15 is 0 Å². The fourth-order valence-corrected chi connectivity index (χ4v) is 3.51. The molecular formula is C17H34IN3O2. The number of aliphatic hydroxyl groups is 1. The van der Waals surface area contributed by atoms with Gasteiger partial charge in [0.25, 0.3) is 0 Å². The van der Waals surface area contributed by atoms with Crippen molar-refractivity contribution in [2.75, 3.05) is 32.8 Å². The zero-order chi connectivity index (χ0) is 15.9. The molecule has 1 aliphatic heterocycles. The second kappa shape index (κ2) is 10.0. The third-order valence-corrected chi connectivity index (χ3v) is 5.34. The lowest BCUT2D eigenvalue weighted by molar-refractivity contribution is -0.0594. The molecule has 3 N–H and O–H groups in total. The van der Waals surface area contributed by atoms with Gasteiger partial charge in [-0.25, -0.2) is 0 Å². The number of hydrogen-bond donors (Lipinski definition) is 3. The highest BCUT2D eigenvalue weighted by atomic mass is 127. The summed E-state index contributed by atoms with van der Waals surface area (Å²) in [5, 5.41) is 17.2. The molecule has 0 radical (unpaired) electrons. The first-order chi connectivity index (χ1) is 10.6. The highest BCUT2D eigenvalue weighted by Gasteiger charge is 2.32. The summed E-state index contributed by atoms with van der Waals surface area (Å²) in [5.74, 6) is 0.835. The summed E-state index contributed by atoms with van der Waals surface area (Å²) in [7, 11) is 0. The molecule has 2 aliphatic rings. The van der Waals surface area contributed by atoms with E-state index in [0.29, 0.717) is 38.0 Å². The lowest BCUT2D eigenvalue weighted by atomic mass is 9.84. The van der Waals surface area contributed by atoms with E-state index in [1.807, 2.05) is 0 Å². The smallest absolute Gasteiger partial charge is 0.191 e. The van der Waals surface area contributed by atoms with Crippen LogP contribution in [0.1, 0.15) is 58.8 Å². The van der Waals surface area contributed by atoms with Gasteiger partial charge in [-0.3, -0.25) is 4.99 Å². The fraction of sp³-hybridized carbons (Fsp3) is 0.941. The minimum atomic E-state index is -0.662. The number of nitrogens with one attached hydrogen (secondary N) is 2. The number of rotatable bonds is 6. The molecule has 0 amide bonds. The first-order valence-electron chi connectivity index (χ1n) is 8.94. The number of halogens is 1. The molecule has 6 heteroatoms. The summed E-state index contributed by atoms with van der Waals surface area (Å²) in [6.45, 7) is 7.92. The highest BCUT2D eigenvalue weighted by molar-refractivity contribution is 14.0. The van der Waals surface area contributed by atoms with Crippen molar-refractivity contribution in [2.24, 2.45) is 10.4 Å². The lowest BCUT2D eigenvalue weighted by Crippen LogP contribution is -2.49. The molecular weight excluding hydrogens is 405 g/mol. The lowest BCUT2D eigenvalue weighted by Gasteiger charge is -2.33. The van der Waals surface area contributed by atoms with Gasteiger partial charge in [-0.15, -0.1) is 24.0 Å². The molecule has 1 saturated heterocycles. The molecule has 0 aromatic rings. The van der Waals surface area contributed by atoms with Crippen molar-refractivity contribution in [2.45, 2.75) is 64.4 Å². The van der Waals surface area contributed by atoms with Gasteiger partial charge in [0.15, 0.2) is 5.96 Å². The SMILES string of the molecule is CCNC(=NCC1(CC)CCCC1)NCC1(O)CCOCC1.I. The van der Waals surface area contributed by atoms with Crippen LogP contribution >= 0.6 is 24.0 Å². The standard InChI is InChI=1S/C17H33N3O2.HI/c1-3-16(7-5-6-8-16)13-19-15(18-4-2)20-14-17(21)9-11-22-12-10-17;/h21H,3-14H2,1-2H3,(H2,18,19,20);1H. The van der Waals surface area contributed by atoms with Crippen LogP contribution in [0, 0.1) is 5.41 Å². The van der Waals surface area contributed by atoms with Gasteiger partial charge in [0.1, 0.15) is 0 Å². The Kier molecular flexibility index (Phi) is 9.15. The van der Waals surface area contributed by atoms with Crippen LogP contribution in [0.25, 0.3) is 0 Å². The minimum absolute atomic E-state index is 0. The Morgan fingerprint density at radius 3 is 2.30 bits per heavy atom. The van der Waals surface area contributed by atoms with Crippen LogP contribution in [-0.4, -0.2) is 49.5 Å². The zero-order valence-electron chi connectivity index (χ0n) is 14.7. The van der Waals surface area contributed by atoms with Gasteiger partial charge in [-0.05, 0) is 31.6 Å². The van der Waals surface area contributed by atoms with Crippen molar-refractivity contribution in [3.05, 3.63) is 0 Å². The van der Waals surface area contributed by atoms with Crippen LogP contribution in [0.15, 0.2) is 4.99 Å². The molecule has 1 aliphatic carbocycles. The summed E-state index contributed by atoms with van der Waals surface area (Å²) in [5.41, 5.74) is -0.262. The Hall–Kier alpha value is -0.0800. The van der Waals surface area contributed by atoms with Crippen molar-refractivity contribution in [1.29, 1.82) is 0 Å². The van der Waals surface area contributed by atoms with Crippen LogP contribution in [0.4, 0.5) is 0 Å². The van der Waals surface area contributed by atoms with Crippen molar-refractivity contribution in [3.63, 3.8) is 0 Å². The summed E-state index contributed by atoms with van der Waals surface area (Å²) < 4.78 is 5.33. The van der Waals surface area contributed by atoms with Gasteiger partial charge in [-0.2, -0.15) is 0 Å². The Bertz CT molecular complexity index is 365. The van der Waals surface area contributed by atoms with E-state index in [4.69, 9.17) is 9.73 Å². The summed E-state index contributed by atoms with van der Waals surface area (Å²) in [6, 6.07) is 0. The molecule has 0 atom stereocenters. The molecule has 0 unspecified atom stereocenters. The van der Waals surface area contributed by atoms with Gasteiger partial charge in [0.2, 0.25) is 0 Å². The van der Waals surface area contributed by atoms with Crippen LogP contribution in [-0.2, 0) is 4.74 Å². The molecule has 0 aromatic carbocycles. The summed E-state index contributed by atoms with van der Waals surface area (Å²) in [4.78, 5) is 4.81. The maximum absolute atomic E-state index is 10.5. The molecule has 23 heavy (non-hydrogen) atoms. The van der Waals surface area contributed by atoms with E-state index in [0.717, 1.165) is 19.0 Å². The molecule has 5 nitrogen and oxygen atoms in total. The molecule has 136 valence electrons. The number of hydrogen-bond acceptors (Lipinski definition) is 3. The topological polar surface area (TPSA) is 65.9 Å². The zero-order valence-corrected chi connectivity index (χ0v) is 17.0. The highest BCUT2D eigenvalue weighted by Crippen LogP contribution is 2.41. The Morgan fingerprint density at radius 2 is 1.74 bits per heavy atom. The number of ether oxygens (including phenoxy) is 1. The molecule has 0 bridgehead atoms. The van der Waals surface area contributed by atoms with E-state index in [1.54, 1.807) is 0 Å². The van der Waals surface area contributed by atoms with Crippen LogP contribution < -0.4 is 10.6 Å². The van der Waals surface area contributed by atoms with Gasteiger partial charge >= 0.3 is 0 Å². The summed E-state index contributed by atoms with van der Waals surface area (Å²) >= 11 is 0. The third kappa shape index (κ3) is 6.38. The van der Waals surface area contributed by atoms with E-state index in [9.17, 15) is 5.11 Å². The first kappa shape index (κ1) is 21.0. The molecule has 0 aromatic heterocycles. The van der Waals surface area contributed by atoms with Crippen molar-refractivity contribution in [1.82, 2.24) is 10.6 Å². The predicted octanol–water partition coefficient (Wildman–Crippen LogP) is 2.67. The molecule has 1 heterocycles. The van der Waals surface area contributed by atoms with E-state index in [2.05, 4.69) is 24.5 Å². The first-order valence-corrected chi connectivity index (χ1v) is 8.94. The predicted molar refractivity (Wildman–Crippen MR) is 106 cm³/mol. The average Bonchev–Trinajstić information content (AvgIpc) is 3.00. The molecule has 0 spiro atoms. The second-order valence-corrected chi connectivity index (χ2v) is 6.95.